The normalized spacial score (nSPS) is 13.1. The second kappa shape index (κ2) is 8.28. The summed E-state index contributed by atoms with van der Waals surface area (Å²) in [6.07, 6.45) is 1.10. The predicted octanol–water partition coefficient (Wildman–Crippen LogP) is 3.63. The zero-order chi connectivity index (χ0) is 23.0. The lowest BCUT2D eigenvalue weighted by Crippen LogP contribution is -2.27. The van der Waals surface area contributed by atoms with Crippen LogP contribution < -0.4 is 10.0 Å². The minimum absolute atomic E-state index is 0.294. The highest BCUT2D eigenvalue weighted by molar-refractivity contribution is 7.92. The summed E-state index contributed by atoms with van der Waals surface area (Å²) in [4.78, 5) is 17.2. The van der Waals surface area contributed by atoms with Gasteiger partial charge in [0.15, 0.2) is 0 Å². The van der Waals surface area contributed by atoms with Gasteiger partial charge in [-0.25, -0.2) is 13.4 Å². The third kappa shape index (κ3) is 5.59. The van der Waals surface area contributed by atoms with Gasteiger partial charge in [-0.05, 0) is 68.7 Å². The molecule has 8 heteroatoms. The van der Waals surface area contributed by atoms with Gasteiger partial charge in [0.1, 0.15) is 5.69 Å². The van der Waals surface area contributed by atoms with Crippen LogP contribution in [0, 0.1) is 6.92 Å². The fourth-order valence-electron chi connectivity index (χ4n) is 3.26. The van der Waals surface area contributed by atoms with Gasteiger partial charge in [-0.3, -0.25) is 9.52 Å². The Morgan fingerprint density at radius 2 is 1.81 bits per heavy atom. The Morgan fingerprint density at radius 3 is 2.42 bits per heavy atom. The maximum atomic E-state index is 12.7. The first-order chi connectivity index (χ1) is 14.3. The quantitative estimate of drug-likeness (QED) is 0.541. The molecular weight excluding hydrogens is 414 g/mol. The Kier molecular flexibility index (Phi) is 6.07. The number of nitrogens with one attached hydrogen (secondary N) is 2. The summed E-state index contributed by atoms with van der Waals surface area (Å²) in [5.41, 5.74) is 2.89. The van der Waals surface area contributed by atoms with E-state index in [1.54, 1.807) is 51.1 Å². The standard InChI is InChI=1S/C23H27N3O4S/c1-14-12-16(6-9-19(14)26-31(5,29)30)15(2)24-22(27)21-10-7-17-13-18(23(3,4)28)8-11-20(17)25-21/h6-13,15,26,28H,1-5H3,(H,24,27)/t15-/m0/s1. The number of hydrogen-bond donors (Lipinski definition) is 3. The Morgan fingerprint density at radius 1 is 1.10 bits per heavy atom. The lowest BCUT2D eigenvalue weighted by molar-refractivity contribution is 0.0787. The van der Waals surface area contributed by atoms with Crippen molar-refractivity contribution in [2.24, 2.45) is 0 Å². The second-order valence-corrected chi connectivity index (χ2v) is 10.1. The first-order valence-electron chi connectivity index (χ1n) is 9.86. The molecule has 0 aliphatic rings. The minimum atomic E-state index is -3.36. The molecule has 7 nitrogen and oxygen atoms in total. The molecule has 3 aromatic rings. The minimum Gasteiger partial charge on any atom is -0.386 e. The first kappa shape index (κ1) is 22.7. The molecular formula is C23H27N3O4S. The topological polar surface area (TPSA) is 108 Å². The van der Waals surface area contributed by atoms with E-state index in [0.717, 1.165) is 28.3 Å². The molecule has 1 atom stereocenters. The van der Waals surface area contributed by atoms with Crippen molar-refractivity contribution in [2.75, 3.05) is 11.0 Å². The Bertz CT molecular complexity index is 1250. The van der Waals surface area contributed by atoms with Crippen LogP contribution in [0.1, 0.15) is 54.0 Å². The largest absolute Gasteiger partial charge is 0.386 e. The van der Waals surface area contributed by atoms with Gasteiger partial charge in [0.05, 0.1) is 29.1 Å². The molecule has 0 spiro atoms. The lowest BCUT2D eigenvalue weighted by Gasteiger charge is -2.18. The van der Waals surface area contributed by atoms with Crippen LogP contribution >= 0.6 is 0 Å². The molecule has 1 amide bonds. The molecule has 0 bridgehead atoms. The van der Waals surface area contributed by atoms with Gasteiger partial charge >= 0.3 is 0 Å². The second-order valence-electron chi connectivity index (χ2n) is 8.31. The number of aromatic nitrogens is 1. The van der Waals surface area contributed by atoms with E-state index in [2.05, 4.69) is 15.0 Å². The number of benzene rings is 2. The number of aliphatic hydroxyl groups is 1. The summed E-state index contributed by atoms with van der Waals surface area (Å²) in [7, 11) is -3.36. The lowest BCUT2D eigenvalue weighted by atomic mass is 9.97. The SMILES string of the molecule is Cc1cc([C@H](C)NC(=O)c2ccc3cc(C(C)(C)O)ccc3n2)ccc1NS(C)(=O)=O. The predicted molar refractivity (Wildman–Crippen MR) is 123 cm³/mol. The highest BCUT2D eigenvalue weighted by atomic mass is 32.2. The van der Waals surface area contributed by atoms with Crippen LogP contribution in [0.4, 0.5) is 5.69 Å². The van der Waals surface area contributed by atoms with Gasteiger partial charge in [-0.15, -0.1) is 0 Å². The first-order valence-corrected chi connectivity index (χ1v) is 11.8. The number of pyridine rings is 1. The van der Waals surface area contributed by atoms with Crippen molar-refractivity contribution in [1.82, 2.24) is 10.3 Å². The van der Waals surface area contributed by atoms with Crippen molar-refractivity contribution in [1.29, 1.82) is 0 Å². The van der Waals surface area contributed by atoms with Crippen LogP contribution in [0.2, 0.25) is 0 Å². The average Bonchev–Trinajstić information content (AvgIpc) is 2.66. The fraction of sp³-hybridized carbons (Fsp3) is 0.304. The van der Waals surface area contributed by atoms with Crippen LogP contribution in [0.5, 0.6) is 0 Å². The monoisotopic (exact) mass is 441 g/mol. The molecule has 0 radical (unpaired) electrons. The highest BCUT2D eigenvalue weighted by Crippen LogP contribution is 2.25. The van der Waals surface area contributed by atoms with Gasteiger partial charge in [0.25, 0.3) is 5.91 Å². The van der Waals surface area contributed by atoms with Crippen LogP contribution in [-0.4, -0.2) is 30.7 Å². The Hall–Kier alpha value is -2.97. The summed E-state index contributed by atoms with van der Waals surface area (Å²) >= 11 is 0. The van der Waals surface area contributed by atoms with E-state index in [0.29, 0.717) is 16.9 Å². The van der Waals surface area contributed by atoms with E-state index in [1.807, 2.05) is 25.1 Å². The summed E-state index contributed by atoms with van der Waals surface area (Å²) in [5, 5.41) is 13.9. The number of carbonyl (C=O) groups is 1. The van der Waals surface area contributed by atoms with Gasteiger partial charge in [-0.2, -0.15) is 0 Å². The molecule has 0 saturated heterocycles. The summed E-state index contributed by atoms with van der Waals surface area (Å²) in [6, 6.07) is 13.9. The molecule has 0 aliphatic heterocycles. The third-order valence-electron chi connectivity index (χ3n) is 5.02. The number of anilines is 1. The van der Waals surface area contributed by atoms with E-state index in [-0.39, 0.29) is 11.9 Å². The number of sulfonamides is 1. The molecule has 3 N–H and O–H groups in total. The maximum Gasteiger partial charge on any atom is 0.270 e. The van der Waals surface area contributed by atoms with Crippen molar-refractivity contribution >= 4 is 32.5 Å². The van der Waals surface area contributed by atoms with E-state index >= 15 is 0 Å². The van der Waals surface area contributed by atoms with Crippen LogP contribution in [-0.2, 0) is 15.6 Å². The van der Waals surface area contributed by atoms with Crippen LogP contribution in [0.15, 0.2) is 48.5 Å². The molecule has 0 unspecified atom stereocenters. The number of amides is 1. The van der Waals surface area contributed by atoms with Crippen molar-refractivity contribution in [3.8, 4) is 0 Å². The van der Waals surface area contributed by atoms with Crippen molar-refractivity contribution in [2.45, 2.75) is 39.3 Å². The highest BCUT2D eigenvalue weighted by Gasteiger charge is 2.18. The van der Waals surface area contributed by atoms with Gasteiger partial charge in [0.2, 0.25) is 10.0 Å². The summed E-state index contributed by atoms with van der Waals surface area (Å²) in [5.74, 6) is -0.308. The van der Waals surface area contributed by atoms with Crippen molar-refractivity contribution in [3.63, 3.8) is 0 Å². The molecule has 0 aliphatic carbocycles. The molecule has 2 aromatic carbocycles. The maximum absolute atomic E-state index is 12.7. The summed E-state index contributed by atoms with van der Waals surface area (Å²) < 4.78 is 25.4. The zero-order valence-corrected chi connectivity index (χ0v) is 19.0. The molecule has 164 valence electrons. The van der Waals surface area contributed by atoms with E-state index in [4.69, 9.17) is 0 Å². The molecule has 1 heterocycles. The molecule has 31 heavy (non-hydrogen) atoms. The number of fused-ring (bicyclic) bond motifs is 1. The molecule has 3 rings (SSSR count). The van der Waals surface area contributed by atoms with Gasteiger partial charge in [-0.1, -0.05) is 24.3 Å². The number of rotatable bonds is 6. The van der Waals surface area contributed by atoms with E-state index in [1.165, 1.54) is 0 Å². The van der Waals surface area contributed by atoms with E-state index < -0.39 is 15.6 Å². The third-order valence-corrected chi connectivity index (χ3v) is 5.61. The van der Waals surface area contributed by atoms with Crippen LogP contribution in [0.3, 0.4) is 0 Å². The average molecular weight is 442 g/mol. The Balaban J connectivity index is 1.77. The smallest absolute Gasteiger partial charge is 0.270 e. The van der Waals surface area contributed by atoms with E-state index in [9.17, 15) is 18.3 Å². The number of carbonyl (C=O) groups excluding carboxylic acids is 1. The number of hydrogen-bond acceptors (Lipinski definition) is 5. The van der Waals surface area contributed by atoms with Gasteiger partial charge in [0, 0.05) is 5.39 Å². The Labute approximate surface area is 182 Å². The molecule has 0 fully saturated rings. The fourth-order valence-corrected chi connectivity index (χ4v) is 3.89. The summed E-state index contributed by atoms with van der Waals surface area (Å²) in [6.45, 7) is 7.10. The van der Waals surface area contributed by atoms with Crippen molar-refractivity contribution in [3.05, 3.63) is 70.9 Å². The molecule has 1 aromatic heterocycles. The number of nitrogens with zero attached hydrogens (tertiary/aromatic N) is 1. The molecule has 0 saturated carbocycles. The van der Waals surface area contributed by atoms with Crippen molar-refractivity contribution < 1.29 is 18.3 Å². The number of aryl methyl sites for hydroxylation is 1. The van der Waals surface area contributed by atoms with Gasteiger partial charge < -0.3 is 10.4 Å². The zero-order valence-electron chi connectivity index (χ0n) is 18.2. The van der Waals surface area contributed by atoms with Crippen LogP contribution in [0.25, 0.3) is 10.9 Å².